The molecule has 1 saturated heterocycles. The first kappa shape index (κ1) is 19.0. The van der Waals surface area contributed by atoms with Gasteiger partial charge < -0.3 is 5.32 Å². The average Bonchev–Trinajstić information content (AvgIpc) is 2.64. The Kier molecular flexibility index (Phi) is 7.05. The highest BCUT2D eigenvalue weighted by atomic mass is 35.5. The van der Waals surface area contributed by atoms with Gasteiger partial charge in [-0.2, -0.15) is 0 Å². The Balaban J connectivity index is 1.60. The summed E-state index contributed by atoms with van der Waals surface area (Å²) in [6.07, 6.45) is 1.28. The molecule has 1 aliphatic rings. The van der Waals surface area contributed by atoms with Crippen molar-refractivity contribution in [2.75, 3.05) is 16.8 Å². The van der Waals surface area contributed by atoms with Gasteiger partial charge in [-0.25, -0.2) is 0 Å². The van der Waals surface area contributed by atoms with Crippen molar-refractivity contribution >= 4 is 58.5 Å². The van der Waals surface area contributed by atoms with Crippen molar-refractivity contribution < 1.29 is 4.79 Å². The van der Waals surface area contributed by atoms with Crippen LogP contribution in [0.2, 0.25) is 5.02 Å². The molecule has 1 atom stereocenters. The van der Waals surface area contributed by atoms with Crippen molar-refractivity contribution in [3.05, 3.63) is 59.1 Å². The van der Waals surface area contributed by atoms with Gasteiger partial charge in [-0.3, -0.25) is 4.79 Å². The molecule has 1 heterocycles. The number of hydrogen-bond acceptors (Lipinski definition) is 4. The molecule has 1 fully saturated rings. The fraction of sp³-hybridized carbons (Fsp3) is 0.316. The number of benzene rings is 2. The molecule has 0 saturated carbocycles. The molecule has 6 heteroatoms. The van der Waals surface area contributed by atoms with Gasteiger partial charge in [-0.1, -0.05) is 23.7 Å². The number of amides is 1. The van der Waals surface area contributed by atoms with Crippen LogP contribution in [0.15, 0.2) is 53.4 Å². The molecule has 1 aliphatic heterocycles. The van der Waals surface area contributed by atoms with Gasteiger partial charge in [0.05, 0.1) is 9.83 Å². The van der Waals surface area contributed by atoms with Crippen LogP contribution in [-0.4, -0.2) is 22.7 Å². The zero-order valence-corrected chi connectivity index (χ0v) is 17.1. The number of thioether (sulfide) groups is 3. The highest BCUT2D eigenvalue weighted by Gasteiger charge is 2.18. The Labute approximate surface area is 166 Å². The highest BCUT2D eigenvalue weighted by molar-refractivity contribution is 8.16. The molecular weight excluding hydrogens is 390 g/mol. The third-order valence-corrected chi connectivity index (χ3v) is 8.13. The lowest BCUT2D eigenvalue weighted by Gasteiger charge is -2.22. The Morgan fingerprint density at radius 1 is 1.20 bits per heavy atom. The summed E-state index contributed by atoms with van der Waals surface area (Å²) in [5, 5.41) is 3.58. The van der Waals surface area contributed by atoms with Crippen LogP contribution < -0.4 is 5.32 Å². The van der Waals surface area contributed by atoms with Crippen LogP contribution in [0.3, 0.4) is 0 Å². The largest absolute Gasteiger partial charge is 0.325 e. The van der Waals surface area contributed by atoms with Crippen LogP contribution in [0.4, 0.5) is 5.69 Å². The van der Waals surface area contributed by atoms with Gasteiger partial charge in [0, 0.05) is 15.6 Å². The minimum atomic E-state index is -0.178. The molecule has 132 valence electrons. The number of halogens is 1. The van der Waals surface area contributed by atoms with E-state index < -0.39 is 0 Å². The van der Waals surface area contributed by atoms with Crippen molar-refractivity contribution in [2.45, 2.75) is 28.1 Å². The molecule has 2 nitrogen and oxygen atoms in total. The van der Waals surface area contributed by atoms with E-state index in [0.717, 1.165) is 10.6 Å². The van der Waals surface area contributed by atoms with Crippen molar-refractivity contribution in [1.82, 2.24) is 0 Å². The summed E-state index contributed by atoms with van der Waals surface area (Å²) >= 11 is 11.4. The first-order chi connectivity index (χ1) is 12.1. The van der Waals surface area contributed by atoms with E-state index in [-0.39, 0.29) is 11.2 Å². The van der Waals surface area contributed by atoms with Gasteiger partial charge in [0.15, 0.2) is 0 Å². The minimum absolute atomic E-state index is 0.0149. The number of hydrogen-bond donors (Lipinski definition) is 1. The van der Waals surface area contributed by atoms with Gasteiger partial charge in [0.1, 0.15) is 0 Å². The van der Waals surface area contributed by atoms with E-state index in [9.17, 15) is 4.79 Å². The third kappa shape index (κ3) is 5.61. The van der Waals surface area contributed by atoms with Crippen molar-refractivity contribution in [1.29, 1.82) is 0 Å². The van der Waals surface area contributed by atoms with Gasteiger partial charge in [-0.05, 0) is 66.8 Å². The first-order valence-corrected chi connectivity index (χ1v) is 11.5. The Hall–Kier alpha value is -0.750. The lowest BCUT2D eigenvalue weighted by molar-refractivity contribution is -0.115. The zero-order chi connectivity index (χ0) is 17.6. The van der Waals surface area contributed by atoms with Crippen LogP contribution in [0.25, 0.3) is 0 Å². The molecule has 1 N–H and O–H groups in total. The SMILES string of the molecule is CC(Sc1ccc(Cl)cc1)C(=O)Nc1cccc(C2SCCCS2)c1. The summed E-state index contributed by atoms with van der Waals surface area (Å²) in [4.78, 5) is 13.5. The number of nitrogens with one attached hydrogen (secondary N) is 1. The van der Waals surface area contributed by atoms with E-state index in [1.807, 2.05) is 66.8 Å². The molecule has 1 unspecified atom stereocenters. The third-order valence-electron chi connectivity index (χ3n) is 3.75. The summed E-state index contributed by atoms with van der Waals surface area (Å²) in [6, 6.07) is 15.8. The average molecular weight is 410 g/mol. The van der Waals surface area contributed by atoms with Crippen LogP contribution in [-0.2, 0) is 4.79 Å². The lowest BCUT2D eigenvalue weighted by atomic mass is 10.2. The predicted octanol–water partition coefficient (Wildman–Crippen LogP) is 6.33. The molecule has 0 radical (unpaired) electrons. The van der Waals surface area contributed by atoms with Gasteiger partial charge >= 0.3 is 0 Å². The Bertz CT molecular complexity index is 717. The standard InChI is InChI=1S/C19H20ClNOS3/c1-13(25-17-8-6-15(20)7-9-17)18(22)21-16-5-2-4-14(12-16)19-23-10-3-11-24-19/h2,4-9,12-13,19H,3,10-11H2,1H3,(H,21,22). The summed E-state index contributed by atoms with van der Waals surface area (Å²) in [6.45, 7) is 1.92. The van der Waals surface area contributed by atoms with Crippen molar-refractivity contribution in [2.24, 2.45) is 0 Å². The molecule has 0 aromatic heterocycles. The van der Waals surface area contributed by atoms with E-state index in [1.165, 1.54) is 35.3 Å². The van der Waals surface area contributed by atoms with Crippen LogP contribution in [0.1, 0.15) is 23.5 Å². The molecule has 25 heavy (non-hydrogen) atoms. The van der Waals surface area contributed by atoms with Crippen molar-refractivity contribution in [3.63, 3.8) is 0 Å². The molecule has 2 aromatic rings. The fourth-order valence-electron chi connectivity index (χ4n) is 2.46. The fourth-order valence-corrected chi connectivity index (χ4v) is 6.32. The normalized spacial score (nSPS) is 16.4. The first-order valence-electron chi connectivity index (χ1n) is 8.18. The molecule has 3 rings (SSSR count). The van der Waals surface area contributed by atoms with Crippen LogP contribution in [0.5, 0.6) is 0 Å². The smallest absolute Gasteiger partial charge is 0.237 e. The number of anilines is 1. The zero-order valence-electron chi connectivity index (χ0n) is 13.9. The van der Waals surface area contributed by atoms with E-state index in [0.29, 0.717) is 9.60 Å². The maximum atomic E-state index is 12.5. The molecule has 0 bridgehead atoms. The lowest BCUT2D eigenvalue weighted by Crippen LogP contribution is -2.22. The van der Waals surface area contributed by atoms with Crippen LogP contribution in [0, 0.1) is 0 Å². The van der Waals surface area contributed by atoms with Crippen molar-refractivity contribution in [3.8, 4) is 0 Å². The number of carbonyl (C=O) groups excluding carboxylic acids is 1. The predicted molar refractivity (Wildman–Crippen MR) is 114 cm³/mol. The van der Waals surface area contributed by atoms with Crippen LogP contribution >= 0.6 is 46.9 Å². The summed E-state index contributed by atoms with van der Waals surface area (Å²) < 4.78 is 0.478. The van der Waals surface area contributed by atoms with Gasteiger partial charge in [-0.15, -0.1) is 35.3 Å². The highest BCUT2D eigenvalue weighted by Crippen LogP contribution is 2.44. The van der Waals surface area contributed by atoms with E-state index in [4.69, 9.17) is 11.6 Å². The summed E-state index contributed by atoms with van der Waals surface area (Å²) in [5.41, 5.74) is 2.16. The quantitative estimate of drug-likeness (QED) is 0.584. The molecule has 1 amide bonds. The van der Waals surface area contributed by atoms with E-state index >= 15 is 0 Å². The second-order valence-electron chi connectivity index (χ2n) is 5.76. The maximum absolute atomic E-state index is 12.5. The topological polar surface area (TPSA) is 29.1 Å². The summed E-state index contributed by atoms with van der Waals surface area (Å²) in [7, 11) is 0. The molecular formula is C19H20ClNOS3. The number of rotatable bonds is 5. The Morgan fingerprint density at radius 3 is 2.64 bits per heavy atom. The van der Waals surface area contributed by atoms with E-state index in [1.54, 1.807) is 0 Å². The maximum Gasteiger partial charge on any atom is 0.237 e. The second kappa shape index (κ2) is 9.26. The Morgan fingerprint density at radius 2 is 1.92 bits per heavy atom. The van der Waals surface area contributed by atoms with Gasteiger partial charge in [0.25, 0.3) is 0 Å². The minimum Gasteiger partial charge on any atom is -0.325 e. The monoisotopic (exact) mass is 409 g/mol. The van der Waals surface area contributed by atoms with E-state index in [2.05, 4.69) is 17.4 Å². The van der Waals surface area contributed by atoms with Gasteiger partial charge in [0.2, 0.25) is 5.91 Å². The second-order valence-corrected chi connectivity index (χ2v) is 10.3. The molecule has 0 spiro atoms. The number of carbonyl (C=O) groups is 1. The summed E-state index contributed by atoms with van der Waals surface area (Å²) in [5.74, 6) is 2.44. The molecule has 2 aromatic carbocycles. The molecule has 0 aliphatic carbocycles.